The Morgan fingerprint density at radius 1 is 1.10 bits per heavy atom. The van der Waals surface area contributed by atoms with Crippen LogP contribution >= 0.6 is 0 Å². The molecule has 0 aliphatic heterocycles. The first-order valence-electron chi connectivity index (χ1n) is 9.99. The quantitative estimate of drug-likeness (QED) is 0.635. The number of carbonyl (C=O) groups is 1. The number of aromatic nitrogens is 2. The van der Waals surface area contributed by atoms with Gasteiger partial charge in [-0.1, -0.05) is 38.1 Å². The van der Waals surface area contributed by atoms with Crippen molar-refractivity contribution in [2.45, 2.75) is 53.2 Å². The molecule has 0 aliphatic carbocycles. The Labute approximate surface area is 172 Å². The Hall–Kier alpha value is -3.08. The molecule has 1 unspecified atom stereocenters. The smallest absolute Gasteiger partial charge is 0.261 e. The summed E-state index contributed by atoms with van der Waals surface area (Å²) in [5.41, 5.74) is 4.31. The molecule has 1 aromatic heterocycles. The lowest BCUT2D eigenvalue weighted by Gasteiger charge is -2.19. The minimum atomic E-state index is -0.567. The van der Waals surface area contributed by atoms with Crippen LogP contribution in [0.5, 0.6) is 5.75 Å². The first kappa shape index (κ1) is 20.6. The van der Waals surface area contributed by atoms with E-state index in [0.717, 1.165) is 34.0 Å². The van der Waals surface area contributed by atoms with E-state index in [4.69, 9.17) is 4.74 Å². The highest BCUT2D eigenvalue weighted by Gasteiger charge is 2.17. The highest BCUT2D eigenvalue weighted by molar-refractivity contribution is 5.80. The number of benzene rings is 2. The molecular weight excluding hydrogens is 362 g/mol. The van der Waals surface area contributed by atoms with Gasteiger partial charge in [-0.3, -0.25) is 4.79 Å². The number of ether oxygens (including phenoxy) is 1. The zero-order valence-corrected chi connectivity index (χ0v) is 17.8. The van der Waals surface area contributed by atoms with E-state index in [1.807, 2.05) is 54.9 Å². The maximum atomic E-state index is 12.5. The Morgan fingerprint density at radius 2 is 1.83 bits per heavy atom. The lowest BCUT2D eigenvalue weighted by Crippen LogP contribution is -2.36. The van der Waals surface area contributed by atoms with Gasteiger partial charge in [0.15, 0.2) is 6.10 Å². The van der Waals surface area contributed by atoms with Crippen LogP contribution in [0.25, 0.3) is 5.69 Å². The monoisotopic (exact) mass is 391 g/mol. The molecule has 0 radical (unpaired) electrons. The second-order valence-corrected chi connectivity index (χ2v) is 7.68. The van der Waals surface area contributed by atoms with E-state index in [2.05, 4.69) is 36.3 Å². The van der Waals surface area contributed by atoms with Gasteiger partial charge in [0.05, 0.1) is 0 Å². The Kier molecular flexibility index (Phi) is 6.37. The van der Waals surface area contributed by atoms with Crippen LogP contribution in [0, 0.1) is 13.8 Å². The van der Waals surface area contributed by atoms with E-state index in [1.54, 1.807) is 13.1 Å². The SMILES string of the molecule is Cc1ccc(C(C)C)c(OC(C)C(=O)NCc2ccc(-n3ccnc3C)cc2)c1. The van der Waals surface area contributed by atoms with Gasteiger partial charge in [-0.15, -0.1) is 0 Å². The summed E-state index contributed by atoms with van der Waals surface area (Å²) < 4.78 is 8.02. The van der Waals surface area contributed by atoms with Gasteiger partial charge in [0.1, 0.15) is 11.6 Å². The molecule has 0 bridgehead atoms. The van der Waals surface area contributed by atoms with Crippen LogP contribution in [0.15, 0.2) is 54.9 Å². The zero-order valence-electron chi connectivity index (χ0n) is 17.8. The standard InChI is InChI=1S/C24H29N3O2/c1-16(2)22-11-6-17(3)14-23(22)29-18(4)24(28)26-15-20-7-9-21(10-8-20)27-13-12-25-19(27)5/h6-14,16,18H,15H2,1-5H3,(H,26,28). The number of imidazole rings is 1. The molecule has 2 aromatic carbocycles. The minimum absolute atomic E-state index is 0.129. The minimum Gasteiger partial charge on any atom is -0.481 e. The van der Waals surface area contributed by atoms with Crippen LogP contribution in [0.4, 0.5) is 0 Å². The lowest BCUT2D eigenvalue weighted by atomic mass is 10.0. The van der Waals surface area contributed by atoms with Crippen molar-refractivity contribution in [2.75, 3.05) is 0 Å². The Morgan fingerprint density at radius 3 is 2.45 bits per heavy atom. The number of hydrogen-bond donors (Lipinski definition) is 1. The van der Waals surface area contributed by atoms with E-state index in [9.17, 15) is 4.79 Å². The summed E-state index contributed by atoms with van der Waals surface area (Å²) >= 11 is 0. The van der Waals surface area contributed by atoms with Crippen LogP contribution in [-0.4, -0.2) is 21.6 Å². The largest absolute Gasteiger partial charge is 0.481 e. The number of rotatable bonds is 7. The number of hydrogen-bond acceptors (Lipinski definition) is 3. The molecule has 152 valence electrons. The average Bonchev–Trinajstić information content (AvgIpc) is 3.12. The molecule has 0 spiro atoms. The summed E-state index contributed by atoms with van der Waals surface area (Å²) in [6, 6.07) is 14.2. The Balaban J connectivity index is 1.59. The third kappa shape index (κ3) is 5.05. The third-order valence-electron chi connectivity index (χ3n) is 4.97. The number of aryl methyl sites for hydroxylation is 2. The predicted molar refractivity (Wildman–Crippen MR) is 116 cm³/mol. The predicted octanol–water partition coefficient (Wildman–Crippen LogP) is 4.70. The van der Waals surface area contributed by atoms with E-state index in [1.165, 1.54) is 0 Å². The second kappa shape index (κ2) is 8.95. The normalized spacial score (nSPS) is 12.1. The van der Waals surface area contributed by atoms with Gasteiger partial charge in [-0.05, 0) is 61.6 Å². The summed E-state index contributed by atoms with van der Waals surface area (Å²) in [7, 11) is 0. The van der Waals surface area contributed by atoms with Crippen molar-refractivity contribution in [1.82, 2.24) is 14.9 Å². The first-order valence-corrected chi connectivity index (χ1v) is 9.99. The van der Waals surface area contributed by atoms with Crippen molar-refractivity contribution in [2.24, 2.45) is 0 Å². The molecule has 0 aliphatic rings. The van der Waals surface area contributed by atoms with Crippen molar-refractivity contribution in [3.05, 3.63) is 77.4 Å². The van der Waals surface area contributed by atoms with E-state index in [-0.39, 0.29) is 5.91 Å². The number of carbonyl (C=O) groups excluding carboxylic acids is 1. The van der Waals surface area contributed by atoms with Crippen LogP contribution in [0.1, 0.15) is 49.2 Å². The molecule has 1 atom stereocenters. The Bertz CT molecular complexity index is 974. The first-order chi connectivity index (χ1) is 13.8. The second-order valence-electron chi connectivity index (χ2n) is 7.68. The van der Waals surface area contributed by atoms with Gasteiger partial charge >= 0.3 is 0 Å². The molecule has 5 nitrogen and oxygen atoms in total. The molecule has 1 amide bonds. The topological polar surface area (TPSA) is 56.1 Å². The summed E-state index contributed by atoms with van der Waals surface area (Å²) in [6.07, 6.45) is 3.15. The van der Waals surface area contributed by atoms with Crippen molar-refractivity contribution >= 4 is 5.91 Å². The van der Waals surface area contributed by atoms with E-state index in [0.29, 0.717) is 12.5 Å². The van der Waals surface area contributed by atoms with E-state index >= 15 is 0 Å². The molecule has 5 heteroatoms. The lowest BCUT2D eigenvalue weighted by molar-refractivity contribution is -0.127. The third-order valence-corrected chi connectivity index (χ3v) is 4.97. The maximum absolute atomic E-state index is 12.5. The van der Waals surface area contributed by atoms with Crippen molar-refractivity contribution in [3.63, 3.8) is 0 Å². The fourth-order valence-corrected chi connectivity index (χ4v) is 3.22. The summed E-state index contributed by atoms with van der Waals surface area (Å²) in [5.74, 6) is 1.92. The van der Waals surface area contributed by atoms with Crippen LogP contribution < -0.4 is 10.1 Å². The van der Waals surface area contributed by atoms with Crippen molar-refractivity contribution in [3.8, 4) is 11.4 Å². The summed E-state index contributed by atoms with van der Waals surface area (Å²) in [4.78, 5) is 16.8. The van der Waals surface area contributed by atoms with Gasteiger partial charge in [-0.25, -0.2) is 4.98 Å². The molecule has 0 saturated heterocycles. The van der Waals surface area contributed by atoms with Gasteiger partial charge in [0.25, 0.3) is 5.91 Å². The highest BCUT2D eigenvalue weighted by Crippen LogP contribution is 2.28. The molecule has 0 fully saturated rings. The van der Waals surface area contributed by atoms with Crippen molar-refractivity contribution in [1.29, 1.82) is 0 Å². The van der Waals surface area contributed by atoms with E-state index < -0.39 is 6.10 Å². The van der Waals surface area contributed by atoms with Crippen LogP contribution in [-0.2, 0) is 11.3 Å². The molecule has 0 saturated carbocycles. The fraction of sp³-hybridized carbons (Fsp3) is 0.333. The average molecular weight is 392 g/mol. The van der Waals surface area contributed by atoms with Crippen LogP contribution in [0.3, 0.4) is 0 Å². The maximum Gasteiger partial charge on any atom is 0.261 e. The van der Waals surface area contributed by atoms with Gasteiger partial charge in [-0.2, -0.15) is 0 Å². The zero-order chi connectivity index (χ0) is 21.0. The number of nitrogens with one attached hydrogen (secondary N) is 1. The molecule has 29 heavy (non-hydrogen) atoms. The molecule has 1 heterocycles. The summed E-state index contributed by atoms with van der Waals surface area (Å²) in [5, 5.41) is 2.96. The number of nitrogens with zero attached hydrogens (tertiary/aromatic N) is 2. The molecule has 3 aromatic rings. The summed E-state index contributed by atoms with van der Waals surface area (Å²) in [6.45, 7) is 10.5. The molecular formula is C24H29N3O2. The van der Waals surface area contributed by atoms with Crippen LogP contribution in [0.2, 0.25) is 0 Å². The van der Waals surface area contributed by atoms with Gasteiger partial charge in [0.2, 0.25) is 0 Å². The van der Waals surface area contributed by atoms with Crippen molar-refractivity contribution < 1.29 is 9.53 Å². The fourth-order valence-electron chi connectivity index (χ4n) is 3.22. The van der Waals surface area contributed by atoms with Gasteiger partial charge < -0.3 is 14.6 Å². The van der Waals surface area contributed by atoms with Gasteiger partial charge in [0, 0.05) is 24.6 Å². The highest BCUT2D eigenvalue weighted by atomic mass is 16.5. The number of amides is 1. The molecule has 3 rings (SSSR count). The molecule has 1 N–H and O–H groups in total.